The van der Waals surface area contributed by atoms with Gasteiger partial charge < -0.3 is 9.64 Å². The number of methoxy groups -OCH3 is 1. The van der Waals surface area contributed by atoms with E-state index in [0.717, 1.165) is 5.82 Å². The van der Waals surface area contributed by atoms with Crippen molar-refractivity contribution >= 4 is 15.8 Å². The monoisotopic (exact) mass is 373 g/mol. The average Bonchev–Trinajstić information content (AvgIpc) is 2.67. The van der Waals surface area contributed by atoms with Gasteiger partial charge in [0.25, 0.3) is 0 Å². The third-order valence-electron chi connectivity index (χ3n) is 4.19. The van der Waals surface area contributed by atoms with Gasteiger partial charge in [0.15, 0.2) is 0 Å². The molecule has 2 heterocycles. The number of nitriles is 1. The number of anilines is 1. The van der Waals surface area contributed by atoms with E-state index >= 15 is 0 Å². The Morgan fingerprint density at radius 1 is 1.12 bits per heavy atom. The third-order valence-corrected chi connectivity index (χ3v) is 6.11. The topological polar surface area (TPSA) is 99.4 Å². The molecule has 1 saturated heterocycles. The lowest BCUT2D eigenvalue weighted by Gasteiger charge is -2.34. The van der Waals surface area contributed by atoms with E-state index < -0.39 is 10.0 Å². The van der Waals surface area contributed by atoms with Crippen LogP contribution in [0, 0.1) is 18.3 Å². The van der Waals surface area contributed by atoms with Gasteiger partial charge in [-0.15, -0.1) is 0 Å². The van der Waals surface area contributed by atoms with E-state index in [0.29, 0.717) is 43.4 Å². The Morgan fingerprint density at radius 2 is 1.77 bits per heavy atom. The van der Waals surface area contributed by atoms with E-state index in [9.17, 15) is 8.42 Å². The van der Waals surface area contributed by atoms with Gasteiger partial charge in [0.05, 0.1) is 23.6 Å². The molecule has 1 aromatic carbocycles. The van der Waals surface area contributed by atoms with Crippen molar-refractivity contribution in [3.63, 3.8) is 0 Å². The SMILES string of the molecule is COc1cc(N2CCN(S(=O)(=O)c3ccc(C#N)cc3)CC2)nc(C)n1. The summed E-state index contributed by atoms with van der Waals surface area (Å²) in [4.78, 5) is 10.8. The van der Waals surface area contributed by atoms with Crippen LogP contribution in [0.4, 0.5) is 5.82 Å². The number of nitrogens with zero attached hydrogens (tertiary/aromatic N) is 5. The molecule has 0 unspecified atom stereocenters. The highest BCUT2D eigenvalue weighted by Gasteiger charge is 2.29. The lowest BCUT2D eigenvalue weighted by atomic mass is 10.2. The van der Waals surface area contributed by atoms with Crippen molar-refractivity contribution in [2.24, 2.45) is 0 Å². The zero-order valence-corrected chi connectivity index (χ0v) is 15.4. The molecule has 0 atom stereocenters. The fourth-order valence-electron chi connectivity index (χ4n) is 2.80. The zero-order chi connectivity index (χ0) is 18.7. The summed E-state index contributed by atoms with van der Waals surface area (Å²) in [6, 6.07) is 9.70. The van der Waals surface area contributed by atoms with Gasteiger partial charge in [0.1, 0.15) is 11.6 Å². The quantitative estimate of drug-likeness (QED) is 0.793. The van der Waals surface area contributed by atoms with Crippen LogP contribution in [-0.2, 0) is 10.0 Å². The van der Waals surface area contributed by atoms with Crippen LogP contribution in [0.25, 0.3) is 0 Å². The Kier molecular flexibility index (Phi) is 5.06. The third kappa shape index (κ3) is 3.61. The minimum atomic E-state index is -3.57. The van der Waals surface area contributed by atoms with E-state index in [1.807, 2.05) is 11.0 Å². The smallest absolute Gasteiger partial charge is 0.243 e. The molecule has 1 aliphatic heterocycles. The van der Waals surface area contributed by atoms with Gasteiger partial charge in [-0.2, -0.15) is 14.6 Å². The Morgan fingerprint density at radius 3 is 2.35 bits per heavy atom. The van der Waals surface area contributed by atoms with E-state index in [1.54, 1.807) is 20.1 Å². The van der Waals surface area contributed by atoms with Crippen LogP contribution in [0.2, 0.25) is 0 Å². The second-order valence-corrected chi connectivity index (χ2v) is 7.78. The second-order valence-electron chi connectivity index (χ2n) is 5.84. The maximum absolute atomic E-state index is 12.8. The first-order valence-corrected chi connectivity index (χ1v) is 9.53. The summed E-state index contributed by atoms with van der Waals surface area (Å²) in [7, 11) is -2.02. The fraction of sp³-hybridized carbons (Fsp3) is 0.353. The first-order chi connectivity index (χ1) is 12.4. The number of benzene rings is 1. The average molecular weight is 373 g/mol. The largest absolute Gasteiger partial charge is 0.481 e. The van der Waals surface area contributed by atoms with Crippen molar-refractivity contribution in [2.75, 3.05) is 38.2 Å². The normalized spacial score (nSPS) is 15.5. The molecule has 2 aromatic rings. The van der Waals surface area contributed by atoms with E-state index in [1.165, 1.54) is 28.6 Å². The van der Waals surface area contributed by atoms with E-state index in [4.69, 9.17) is 10.00 Å². The summed E-state index contributed by atoms with van der Waals surface area (Å²) in [6.07, 6.45) is 0. The highest BCUT2D eigenvalue weighted by atomic mass is 32.2. The van der Waals surface area contributed by atoms with Crippen LogP contribution >= 0.6 is 0 Å². The molecule has 1 aliphatic rings. The fourth-order valence-corrected chi connectivity index (χ4v) is 4.22. The van der Waals surface area contributed by atoms with E-state index in [2.05, 4.69) is 9.97 Å². The summed E-state index contributed by atoms with van der Waals surface area (Å²) < 4.78 is 32.2. The minimum absolute atomic E-state index is 0.199. The molecule has 8 nitrogen and oxygen atoms in total. The first-order valence-electron chi connectivity index (χ1n) is 8.09. The van der Waals surface area contributed by atoms with Crippen LogP contribution in [0.3, 0.4) is 0 Å². The number of sulfonamides is 1. The molecule has 0 aliphatic carbocycles. The van der Waals surface area contributed by atoms with Crippen LogP contribution in [0.5, 0.6) is 5.88 Å². The minimum Gasteiger partial charge on any atom is -0.481 e. The second kappa shape index (κ2) is 7.27. The molecule has 3 rings (SSSR count). The number of rotatable bonds is 4. The van der Waals surface area contributed by atoms with E-state index in [-0.39, 0.29) is 4.90 Å². The predicted octanol–water partition coefficient (Wildman–Crippen LogP) is 1.18. The first kappa shape index (κ1) is 18.1. The van der Waals surface area contributed by atoms with Crippen LogP contribution in [0.15, 0.2) is 35.2 Å². The molecule has 26 heavy (non-hydrogen) atoms. The summed E-state index contributed by atoms with van der Waals surface area (Å²) in [5, 5.41) is 8.84. The highest BCUT2D eigenvalue weighted by molar-refractivity contribution is 7.89. The van der Waals surface area contributed by atoms with Crippen LogP contribution in [0.1, 0.15) is 11.4 Å². The predicted molar refractivity (Wildman–Crippen MR) is 95.4 cm³/mol. The Balaban J connectivity index is 1.73. The summed E-state index contributed by atoms with van der Waals surface area (Å²) in [5.74, 6) is 1.82. The Labute approximate surface area is 152 Å². The molecule has 0 saturated carbocycles. The maximum Gasteiger partial charge on any atom is 0.243 e. The highest BCUT2D eigenvalue weighted by Crippen LogP contribution is 2.22. The molecule has 9 heteroatoms. The van der Waals surface area contributed by atoms with Crippen molar-refractivity contribution in [2.45, 2.75) is 11.8 Å². The number of ether oxygens (including phenoxy) is 1. The van der Waals surface area contributed by atoms with Gasteiger partial charge in [-0.3, -0.25) is 0 Å². The van der Waals surface area contributed by atoms with Crippen molar-refractivity contribution in [3.05, 3.63) is 41.7 Å². The molecular formula is C17H19N5O3S. The van der Waals surface area contributed by atoms with Crippen molar-refractivity contribution < 1.29 is 13.2 Å². The standard InChI is InChI=1S/C17H19N5O3S/c1-13-19-16(11-17(20-13)25-2)21-7-9-22(10-8-21)26(23,24)15-5-3-14(12-18)4-6-15/h3-6,11H,7-10H2,1-2H3. The van der Waals surface area contributed by atoms with Crippen LogP contribution < -0.4 is 9.64 Å². The number of hydrogen-bond acceptors (Lipinski definition) is 7. The zero-order valence-electron chi connectivity index (χ0n) is 14.6. The van der Waals surface area contributed by atoms with Crippen molar-refractivity contribution in [1.29, 1.82) is 5.26 Å². The number of aromatic nitrogens is 2. The summed E-state index contributed by atoms with van der Waals surface area (Å²) in [6.45, 7) is 3.54. The molecule has 0 N–H and O–H groups in total. The number of piperazine rings is 1. The van der Waals surface area contributed by atoms with Gasteiger partial charge in [-0.05, 0) is 31.2 Å². The Hall–Kier alpha value is -2.70. The van der Waals surface area contributed by atoms with Crippen molar-refractivity contribution in [1.82, 2.24) is 14.3 Å². The van der Waals surface area contributed by atoms with Crippen LogP contribution in [-0.4, -0.2) is 56.0 Å². The van der Waals surface area contributed by atoms with Gasteiger partial charge in [-0.1, -0.05) is 0 Å². The lowest BCUT2D eigenvalue weighted by molar-refractivity contribution is 0.380. The van der Waals surface area contributed by atoms with Gasteiger partial charge in [0.2, 0.25) is 15.9 Å². The summed E-state index contributed by atoms with van der Waals surface area (Å²) in [5.41, 5.74) is 0.432. The molecule has 0 amide bonds. The lowest BCUT2D eigenvalue weighted by Crippen LogP contribution is -2.49. The van der Waals surface area contributed by atoms with Crippen molar-refractivity contribution in [3.8, 4) is 11.9 Å². The molecular weight excluding hydrogens is 354 g/mol. The molecule has 0 spiro atoms. The van der Waals surface area contributed by atoms with Gasteiger partial charge in [-0.25, -0.2) is 13.4 Å². The van der Waals surface area contributed by atoms with Gasteiger partial charge >= 0.3 is 0 Å². The molecule has 1 aromatic heterocycles. The van der Waals surface area contributed by atoms with Gasteiger partial charge in [0, 0.05) is 32.2 Å². The molecule has 136 valence electrons. The number of aryl methyl sites for hydroxylation is 1. The molecule has 0 bridgehead atoms. The molecule has 0 radical (unpaired) electrons. The molecule has 1 fully saturated rings. The summed E-state index contributed by atoms with van der Waals surface area (Å²) >= 11 is 0. The Bertz CT molecular complexity index is 930. The maximum atomic E-state index is 12.8. The number of hydrogen-bond donors (Lipinski definition) is 0.